The lowest BCUT2D eigenvalue weighted by Crippen LogP contribution is -2.35. The zero-order chi connectivity index (χ0) is 14.8. The minimum atomic E-state index is -3.63. The third-order valence-electron chi connectivity index (χ3n) is 2.99. The van der Waals surface area contributed by atoms with E-state index in [0.717, 1.165) is 5.57 Å². The normalized spacial score (nSPS) is 17.1. The van der Waals surface area contributed by atoms with Gasteiger partial charge < -0.3 is 4.74 Å². The Balaban J connectivity index is 2.26. The molecule has 5 nitrogen and oxygen atoms in total. The lowest BCUT2D eigenvalue weighted by molar-refractivity contribution is 0.219. The van der Waals surface area contributed by atoms with Crippen LogP contribution in [0.25, 0.3) is 0 Å². The monoisotopic (exact) mass is 380 g/mol. The molecule has 1 aliphatic heterocycles. The quantitative estimate of drug-likeness (QED) is 0.594. The van der Waals surface area contributed by atoms with Crippen molar-refractivity contribution < 1.29 is 13.2 Å². The molecular weight excluding hydrogens is 368 g/mol. The highest BCUT2D eigenvalue weighted by Crippen LogP contribution is 2.27. The van der Waals surface area contributed by atoms with Crippen LogP contribution < -0.4 is 0 Å². The van der Waals surface area contributed by atoms with Gasteiger partial charge in [-0.15, -0.1) is 0 Å². The van der Waals surface area contributed by atoms with Crippen molar-refractivity contribution in [3.63, 3.8) is 0 Å². The highest BCUT2D eigenvalue weighted by atomic mass is 79.9. The first kappa shape index (κ1) is 15.9. The van der Waals surface area contributed by atoms with Crippen LogP contribution in [0, 0.1) is 0 Å². The molecule has 0 aliphatic carbocycles. The summed E-state index contributed by atoms with van der Waals surface area (Å²) in [6, 6.07) is 1.47. The molecule has 1 aliphatic rings. The third-order valence-corrected chi connectivity index (χ3v) is 5.71. The smallest absolute Gasteiger partial charge is 0.246 e. The Morgan fingerprint density at radius 3 is 2.90 bits per heavy atom. The van der Waals surface area contributed by atoms with Gasteiger partial charge in [0.1, 0.15) is 10.0 Å². The van der Waals surface area contributed by atoms with Crippen LogP contribution in [0.3, 0.4) is 0 Å². The van der Waals surface area contributed by atoms with Gasteiger partial charge in [-0.1, -0.05) is 17.7 Å². The Kier molecular flexibility index (Phi) is 5.19. The number of aromatic nitrogens is 1. The third kappa shape index (κ3) is 3.40. The van der Waals surface area contributed by atoms with E-state index in [1.807, 2.05) is 6.08 Å². The van der Waals surface area contributed by atoms with Crippen molar-refractivity contribution in [1.82, 2.24) is 9.29 Å². The molecule has 0 amide bonds. The van der Waals surface area contributed by atoms with Crippen LogP contribution in [-0.2, 0) is 14.8 Å². The molecule has 0 aromatic carbocycles. The topological polar surface area (TPSA) is 59.5 Å². The summed E-state index contributed by atoms with van der Waals surface area (Å²) in [6.45, 7) is 1.28. The van der Waals surface area contributed by atoms with Crippen LogP contribution >= 0.6 is 27.5 Å². The van der Waals surface area contributed by atoms with E-state index in [-0.39, 0.29) is 10.0 Å². The molecule has 0 N–H and O–H groups in total. The second-order valence-electron chi connectivity index (χ2n) is 4.35. The van der Waals surface area contributed by atoms with Gasteiger partial charge in [-0.25, -0.2) is 13.4 Å². The number of hydrogen-bond donors (Lipinski definition) is 0. The molecule has 8 heteroatoms. The molecule has 0 radical (unpaired) electrons. The van der Waals surface area contributed by atoms with Gasteiger partial charge in [-0.3, -0.25) is 0 Å². The van der Waals surface area contributed by atoms with Crippen LogP contribution in [-0.4, -0.2) is 44.5 Å². The predicted octanol–water partition coefficient (Wildman–Crippen LogP) is 2.46. The SMILES string of the molecule is COCC1=CCN(S(=O)(=O)c2cc(Br)cnc2Cl)CC1. The molecular formula is C12H14BrClN2O3S. The fourth-order valence-electron chi connectivity index (χ4n) is 1.95. The summed E-state index contributed by atoms with van der Waals surface area (Å²) in [5, 5.41) is -0.0140. The van der Waals surface area contributed by atoms with Crippen LogP contribution in [0.5, 0.6) is 0 Å². The molecule has 0 fully saturated rings. The van der Waals surface area contributed by atoms with E-state index in [2.05, 4.69) is 20.9 Å². The summed E-state index contributed by atoms with van der Waals surface area (Å²) < 4.78 is 32.1. The number of methoxy groups -OCH3 is 1. The van der Waals surface area contributed by atoms with Crippen molar-refractivity contribution in [3.05, 3.63) is 33.5 Å². The summed E-state index contributed by atoms with van der Waals surface area (Å²) in [7, 11) is -2.01. The minimum Gasteiger partial charge on any atom is -0.380 e. The van der Waals surface area contributed by atoms with Crippen LogP contribution in [0.1, 0.15) is 6.42 Å². The van der Waals surface area contributed by atoms with E-state index >= 15 is 0 Å². The second kappa shape index (κ2) is 6.53. The molecule has 1 aromatic rings. The van der Waals surface area contributed by atoms with E-state index < -0.39 is 10.0 Å². The summed E-state index contributed by atoms with van der Waals surface area (Å²) in [5.41, 5.74) is 1.11. The summed E-state index contributed by atoms with van der Waals surface area (Å²) in [4.78, 5) is 3.89. The Bertz CT molecular complexity index is 634. The molecule has 0 unspecified atom stereocenters. The van der Waals surface area contributed by atoms with Crippen LogP contribution in [0.15, 0.2) is 33.3 Å². The minimum absolute atomic E-state index is 0.0140. The van der Waals surface area contributed by atoms with E-state index in [9.17, 15) is 8.42 Å². The van der Waals surface area contributed by atoms with Crippen molar-refractivity contribution in [2.24, 2.45) is 0 Å². The predicted molar refractivity (Wildman–Crippen MR) is 80.3 cm³/mol. The van der Waals surface area contributed by atoms with Gasteiger partial charge in [0.15, 0.2) is 0 Å². The second-order valence-corrected chi connectivity index (χ2v) is 7.53. The first-order chi connectivity index (χ1) is 9.45. The molecule has 0 atom stereocenters. The number of halogens is 2. The molecule has 2 rings (SSSR count). The number of rotatable bonds is 4. The van der Waals surface area contributed by atoms with Crippen molar-refractivity contribution in [1.29, 1.82) is 0 Å². The molecule has 0 spiro atoms. The lowest BCUT2D eigenvalue weighted by atomic mass is 10.1. The molecule has 2 heterocycles. The number of ether oxygens (including phenoxy) is 1. The van der Waals surface area contributed by atoms with E-state index in [1.54, 1.807) is 7.11 Å². The lowest BCUT2D eigenvalue weighted by Gasteiger charge is -2.25. The van der Waals surface area contributed by atoms with Gasteiger partial charge in [0.05, 0.1) is 6.61 Å². The van der Waals surface area contributed by atoms with E-state index in [0.29, 0.717) is 30.6 Å². The van der Waals surface area contributed by atoms with Gasteiger partial charge >= 0.3 is 0 Å². The number of hydrogen-bond acceptors (Lipinski definition) is 4. The van der Waals surface area contributed by atoms with Crippen molar-refractivity contribution in [2.75, 3.05) is 26.8 Å². The van der Waals surface area contributed by atoms with Crippen molar-refractivity contribution in [3.8, 4) is 0 Å². The first-order valence-corrected chi connectivity index (χ1v) is 8.54. The van der Waals surface area contributed by atoms with Crippen molar-refractivity contribution >= 4 is 37.6 Å². The van der Waals surface area contributed by atoms with Gasteiger partial charge in [0.25, 0.3) is 0 Å². The average Bonchev–Trinajstić information content (AvgIpc) is 2.42. The zero-order valence-corrected chi connectivity index (χ0v) is 14.0. The highest BCUT2D eigenvalue weighted by Gasteiger charge is 2.28. The van der Waals surface area contributed by atoms with Crippen molar-refractivity contribution in [2.45, 2.75) is 11.3 Å². The van der Waals surface area contributed by atoms with Gasteiger partial charge in [0, 0.05) is 30.9 Å². The maximum absolute atomic E-state index is 12.5. The van der Waals surface area contributed by atoms with Crippen LogP contribution in [0.4, 0.5) is 0 Å². The molecule has 1 aromatic heterocycles. The Labute approximate surface area is 131 Å². The standard InChI is InChI=1S/C12H14BrClN2O3S/c1-19-8-9-2-4-16(5-3-9)20(17,18)11-6-10(13)7-15-12(11)14/h2,6-7H,3-5,8H2,1H3. The summed E-state index contributed by atoms with van der Waals surface area (Å²) in [6.07, 6.45) is 4.00. The number of nitrogens with zero attached hydrogens (tertiary/aromatic N) is 2. The molecule has 0 bridgehead atoms. The van der Waals surface area contributed by atoms with E-state index in [4.69, 9.17) is 16.3 Å². The fraction of sp³-hybridized carbons (Fsp3) is 0.417. The van der Waals surface area contributed by atoms with Gasteiger partial charge in [-0.2, -0.15) is 4.31 Å². The molecule has 0 saturated carbocycles. The summed E-state index contributed by atoms with van der Waals surface area (Å²) in [5.74, 6) is 0. The molecule has 20 heavy (non-hydrogen) atoms. The molecule has 110 valence electrons. The Hall–Kier alpha value is -0.470. The first-order valence-electron chi connectivity index (χ1n) is 5.93. The largest absolute Gasteiger partial charge is 0.380 e. The van der Waals surface area contributed by atoms with Crippen LogP contribution in [0.2, 0.25) is 5.15 Å². The fourth-order valence-corrected chi connectivity index (χ4v) is 4.25. The number of pyridine rings is 1. The Morgan fingerprint density at radius 1 is 1.55 bits per heavy atom. The number of sulfonamides is 1. The maximum atomic E-state index is 12.5. The van der Waals surface area contributed by atoms with E-state index in [1.165, 1.54) is 16.6 Å². The maximum Gasteiger partial charge on any atom is 0.246 e. The molecule has 0 saturated heterocycles. The van der Waals surface area contributed by atoms with Gasteiger partial charge in [-0.05, 0) is 34.0 Å². The van der Waals surface area contributed by atoms with Gasteiger partial charge in [0.2, 0.25) is 10.0 Å². The zero-order valence-electron chi connectivity index (χ0n) is 10.8. The summed E-state index contributed by atoms with van der Waals surface area (Å²) >= 11 is 9.12. The average molecular weight is 382 g/mol. The highest BCUT2D eigenvalue weighted by molar-refractivity contribution is 9.10. The Morgan fingerprint density at radius 2 is 2.30 bits per heavy atom.